The highest BCUT2D eigenvalue weighted by molar-refractivity contribution is 6.30. The van der Waals surface area contributed by atoms with Crippen molar-refractivity contribution >= 4 is 29.5 Å². The second kappa shape index (κ2) is 7.31. The predicted molar refractivity (Wildman–Crippen MR) is 99.8 cm³/mol. The lowest BCUT2D eigenvalue weighted by atomic mass is 9.91. The fourth-order valence-corrected chi connectivity index (χ4v) is 3.06. The molecular weight excluding hydrogens is 338 g/mol. The Hall–Kier alpha value is -2.27. The quantitative estimate of drug-likeness (QED) is 0.829. The lowest BCUT2D eigenvalue weighted by Crippen LogP contribution is -2.42. The number of aromatic nitrogens is 1. The molecular formula is C19H22ClN3O2. The van der Waals surface area contributed by atoms with Crippen molar-refractivity contribution in [1.82, 2.24) is 10.1 Å². The van der Waals surface area contributed by atoms with E-state index < -0.39 is 0 Å². The molecule has 1 fully saturated rings. The number of nitrogens with one attached hydrogen (secondary N) is 1. The Morgan fingerprint density at radius 3 is 2.68 bits per heavy atom. The van der Waals surface area contributed by atoms with Gasteiger partial charge in [0.25, 0.3) is 0 Å². The Kier molecular flexibility index (Phi) is 5.13. The van der Waals surface area contributed by atoms with E-state index in [9.17, 15) is 4.79 Å². The number of amides is 2. The molecule has 0 bridgehead atoms. The zero-order chi connectivity index (χ0) is 18.0. The van der Waals surface area contributed by atoms with Crippen molar-refractivity contribution in [3.63, 3.8) is 0 Å². The van der Waals surface area contributed by atoms with Crippen LogP contribution in [0, 0.1) is 19.8 Å². The van der Waals surface area contributed by atoms with Gasteiger partial charge in [0.2, 0.25) is 0 Å². The molecule has 6 heteroatoms. The summed E-state index contributed by atoms with van der Waals surface area (Å²) in [6.45, 7) is 7.22. The third kappa shape index (κ3) is 4.04. The summed E-state index contributed by atoms with van der Waals surface area (Å²) < 4.78 is 5.09. The minimum Gasteiger partial charge on any atom is -0.359 e. The van der Waals surface area contributed by atoms with E-state index in [0.29, 0.717) is 24.8 Å². The highest BCUT2D eigenvalue weighted by atomic mass is 35.5. The Balaban J connectivity index is 1.64. The van der Waals surface area contributed by atoms with Gasteiger partial charge in [-0.15, -0.1) is 0 Å². The van der Waals surface area contributed by atoms with Crippen LogP contribution in [0.15, 0.2) is 34.4 Å². The maximum absolute atomic E-state index is 12.5. The molecule has 2 heterocycles. The lowest BCUT2D eigenvalue weighted by Gasteiger charge is -2.33. The summed E-state index contributed by atoms with van der Waals surface area (Å²) >= 11 is 5.93. The maximum Gasteiger partial charge on any atom is 0.323 e. The zero-order valence-corrected chi connectivity index (χ0v) is 15.4. The average molecular weight is 360 g/mol. The number of anilines is 1. The number of aryl methyl sites for hydroxylation is 1. The molecule has 25 heavy (non-hydrogen) atoms. The number of carbonyl (C=O) groups is 1. The van der Waals surface area contributed by atoms with Crippen molar-refractivity contribution in [3.8, 4) is 0 Å². The maximum atomic E-state index is 12.5. The van der Waals surface area contributed by atoms with Crippen LogP contribution >= 0.6 is 11.6 Å². The summed E-state index contributed by atoms with van der Waals surface area (Å²) in [4.78, 5) is 14.3. The van der Waals surface area contributed by atoms with E-state index in [1.165, 1.54) is 5.57 Å². The predicted octanol–water partition coefficient (Wildman–Crippen LogP) is 4.90. The van der Waals surface area contributed by atoms with Crippen molar-refractivity contribution in [1.29, 1.82) is 0 Å². The molecule has 0 saturated carbocycles. The smallest absolute Gasteiger partial charge is 0.323 e. The number of benzene rings is 1. The standard InChI is InChI=1S/C19H22ClN3O2/c1-12-11-23(19(24)21-18-13(2)14(3)25-22-18)9-8-16(12)10-15-4-6-17(20)7-5-15/h4-7,10,12H,8-9,11H2,1-3H3,(H,21,22,24). The Labute approximate surface area is 152 Å². The average Bonchev–Trinajstić information content (AvgIpc) is 2.90. The van der Waals surface area contributed by atoms with Gasteiger partial charge in [-0.05, 0) is 43.9 Å². The molecule has 1 aliphatic heterocycles. The molecule has 1 atom stereocenters. The van der Waals surface area contributed by atoms with Crippen molar-refractivity contribution < 1.29 is 9.32 Å². The van der Waals surface area contributed by atoms with Crippen molar-refractivity contribution in [3.05, 3.63) is 51.7 Å². The molecule has 1 N–H and O–H groups in total. The van der Waals surface area contributed by atoms with Gasteiger partial charge in [-0.3, -0.25) is 5.32 Å². The van der Waals surface area contributed by atoms with Crippen LogP contribution in [-0.2, 0) is 0 Å². The van der Waals surface area contributed by atoms with Gasteiger partial charge >= 0.3 is 6.03 Å². The summed E-state index contributed by atoms with van der Waals surface area (Å²) in [7, 11) is 0. The van der Waals surface area contributed by atoms with Gasteiger partial charge in [-0.1, -0.05) is 47.5 Å². The van der Waals surface area contributed by atoms with Gasteiger partial charge in [0.05, 0.1) is 0 Å². The number of piperidine rings is 1. The fourth-order valence-electron chi connectivity index (χ4n) is 2.94. The molecule has 5 nitrogen and oxygen atoms in total. The largest absolute Gasteiger partial charge is 0.359 e. The lowest BCUT2D eigenvalue weighted by molar-refractivity contribution is 0.197. The normalized spacial score (nSPS) is 19.3. The molecule has 1 aliphatic rings. The number of rotatable bonds is 2. The molecule has 2 amide bonds. The minimum absolute atomic E-state index is 0.131. The van der Waals surface area contributed by atoms with Crippen LogP contribution in [0.5, 0.6) is 0 Å². The van der Waals surface area contributed by atoms with Crippen LogP contribution in [0.25, 0.3) is 6.08 Å². The second-order valence-electron chi connectivity index (χ2n) is 6.51. The van der Waals surface area contributed by atoms with Crippen LogP contribution < -0.4 is 5.32 Å². The monoisotopic (exact) mass is 359 g/mol. The molecule has 0 aliphatic carbocycles. The van der Waals surface area contributed by atoms with Gasteiger partial charge in [-0.25, -0.2) is 4.79 Å². The van der Waals surface area contributed by atoms with Gasteiger partial charge in [0.15, 0.2) is 5.82 Å². The number of likely N-dealkylation sites (tertiary alicyclic amines) is 1. The van der Waals surface area contributed by atoms with Crippen LogP contribution in [0.1, 0.15) is 30.2 Å². The van der Waals surface area contributed by atoms with Crippen molar-refractivity contribution in [2.45, 2.75) is 27.2 Å². The number of urea groups is 1. The third-order valence-corrected chi connectivity index (χ3v) is 4.94. The molecule has 1 saturated heterocycles. The summed E-state index contributed by atoms with van der Waals surface area (Å²) in [6.07, 6.45) is 3.05. The summed E-state index contributed by atoms with van der Waals surface area (Å²) in [5, 5.41) is 7.47. The van der Waals surface area contributed by atoms with Gasteiger partial charge < -0.3 is 9.42 Å². The van der Waals surface area contributed by atoms with Crippen LogP contribution in [-0.4, -0.2) is 29.2 Å². The van der Waals surface area contributed by atoms with Gasteiger partial charge in [0.1, 0.15) is 5.76 Å². The Morgan fingerprint density at radius 2 is 2.08 bits per heavy atom. The first-order valence-electron chi connectivity index (χ1n) is 8.39. The van der Waals surface area contributed by atoms with E-state index in [2.05, 4.69) is 23.5 Å². The summed E-state index contributed by atoms with van der Waals surface area (Å²) in [6, 6.07) is 7.68. The number of nitrogens with zero attached hydrogens (tertiary/aromatic N) is 2. The van der Waals surface area contributed by atoms with Crippen molar-refractivity contribution in [2.24, 2.45) is 5.92 Å². The van der Waals surface area contributed by atoms with Gasteiger partial charge in [0, 0.05) is 23.7 Å². The van der Waals surface area contributed by atoms with E-state index in [0.717, 1.165) is 28.3 Å². The van der Waals surface area contributed by atoms with E-state index in [-0.39, 0.29) is 6.03 Å². The zero-order valence-electron chi connectivity index (χ0n) is 14.7. The SMILES string of the molecule is Cc1onc(NC(=O)N2CCC(=Cc3ccc(Cl)cc3)C(C)C2)c1C. The van der Waals surface area contributed by atoms with Crippen LogP contribution in [0.2, 0.25) is 5.02 Å². The number of hydrogen-bond donors (Lipinski definition) is 1. The molecule has 0 radical (unpaired) electrons. The molecule has 1 unspecified atom stereocenters. The Bertz CT molecular complexity index is 796. The minimum atomic E-state index is -0.131. The number of halogens is 1. The molecule has 0 spiro atoms. The number of carbonyl (C=O) groups excluding carboxylic acids is 1. The van der Waals surface area contributed by atoms with Gasteiger partial charge in [-0.2, -0.15) is 0 Å². The van der Waals surface area contributed by atoms with E-state index >= 15 is 0 Å². The van der Waals surface area contributed by atoms with Crippen molar-refractivity contribution in [2.75, 3.05) is 18.4 Å². The summed E-state index contributed by atoms with van der Waals surface area (Å²) in [5.41, 5.74) is 3.35. The van der Waals surface area contributed by atoms with E-state index in [1.54, 1.807) is 0 Å². The van der Waals surface area contributed by atoms with Crippen LogP contribution in [0.3, 0.4) is 0 Å². The third-order valence-electron chi connectivity index (χ3n) is 4.69. The molecule has 3 rings (SSSR count). The number of hydrogen-bond acceptors (Lipinski definition) is 3. The first-order valence-corrected chi connectivity index (χ1v) is 8.76. The topological polar surface area (TPSA) is 58.4 Å². The molecule has 2 aromatic rings. The fraction of sp³-hybridized carbons (Fsp3) is 0.368. The molecule has 132 valence electrons. The summed E-state index contributed by atoms with van der Waals surface area (Å²) in [5.74, 6) is 1.52. The first-order chi connectivity index (χ1) is 11.9. The molecule has 1 aromatic heterocycles. The van der Waals surface area contributed by atoms with E-state index in [1.807, 2.05) is 43.0 Å². The molecule has 1 aromatic carbocycles. The second-order valence-corrected chi connectivity index (χ2v) is 6.95. The Morgan fingerprint density at radius 1 is 1.36 bits per heavy atom. The highest BCUT2D eigenvalue weighted by Gasteiger charge is 2.25. The van der Waals surface area contributed by atoms with E-state index in [4.69, 9.17) is 16.1 Å². The first kappa shape index (κ1) is 17.5. The highest BCUT2D eigenvalue weighted by Crippen LogP contribution is 2.26. The van der Waals surface area contributed by atoms with Crippen LogP contribution in [0.4, 0.5) is 10.6 Å².